The lowest BCUT2D eigenvalue weighted by molar-refractivity contribution is -0.121. The van der Waals surface area contributed by atoms with Crippen molar-refractivity contribution in [1.29, 1.82) is 0 Å². The normalized spacial score (nSPS) is 42.6. The van der Waals surface area contributed by atoms with Crippen LogP contribution in [0.2, 0.25) is 0 Å². The molecule has 198 valence electrons. The number of hydrogen-bond acceptors (Lipinski definition) is 2. The van der Waals surface area contributed by atoms with Crippen molar-refractivity contribution in [2.24, 2.45) is 58.0 Å². The van der Waals surface area contributed by atoms with Crippen LogP contribution in [0.25, 0.3) is 0 Å². The van der Waals surface area contributed by atoms with E-state index >= 15 is 0 Å². The number of hydrogen-bond donors (Lipinski definition) is 1. The Morgan fingerprint density at radius 3 is 2.41 bits per heavy atom. The van der Waals surface area contributed by atoms with Crippen LogP contribution in [0.5, 0.6) is 0 Å². The molecule has 0 bridgehead atoms. The topological polar surface area (TPSA) is 35.2 Å². The van der Waals surface area contributed by atoms with E-state index in [9.17, 15) is 0 Å². The Morgan fingerprint density at radius 2 is 1.62 bits per heavy atom. The van der Waals surface area contributed by atoms with E-state index in [4.69, 9.17) is 10.5 Å². The van der Waals surface area contributed by atoms with Crippen LogP contribution in [0.1, 0.15) is 130 Å². The predicted octanol–water partition coefficient (Wildman–Crippen LogP) is 8.62. The van der Waals surface area contributed by atoms with Crippen molar-refractivity contribution in [3.8, 4) is 0 Å². The molecule has 0 radical (unpaired) electrons. The summed E-state index contributed by atoms with van der Waals surface area (Å²) in [5, 5.41) is 0. The second kappa shape index (κ2) is 12.0. The second-order valence-electron chi connectivity index (χ2n) is 13.9. The van der Waals surface area contributed by atoms with Crippen molar-refractivity contribution in [2.75, 3.05) is 19.8 Å². The first-order chi connectivity index (χ1) is 16.4. The largest absolute Gasteiger partial charge is 0.381 e. The van der Waals surface area contributed by atoms with Gasteiger partial charge < -0.3 is 10.5 Å². The Morgan fingerprint density at radius 1 is 0.853 bits per heavy atom. The van der Waals surface area contributed by atoms with E-state index in [-0.39, 0.29) is 0 Å². The maximum absolute atomic E-state index is 5.97. The van der Waals surface area contributed by atoms with Gasteiger partial charge in [-0.25, -0.2) is 0 Å². The van der Waals surface area contributed by atoms with Gasteiger partial charge in [0.1, 0.15) is 0 Å². The van der Waals surface area contributed by atoms with Crippen LogP contribution in [0.15, 0.2) is 0 Å². The minimum Gasteiger partial charge on any atom is -0.381 e. The summed E-state index contributed by atoms with van der Waals surface area (Å²) in [4.78, 5) is 0. The molecule has 2 N–H and O–H groups in total. The Hall–Kier alpha value is -0.0800. The summed E-state index contributed by atoms with van der Waals surface area (Å²) in [6.45, 7) is 13.2. The molecule has 0 heterocycles. The lowest BCUT2D eigenvalue weighted by atomic mass is 9.44. The van der Waals surface area contributed by atoms with Crippen LogP contribution in [0, 0.1) is 52.3 Å². The monoisotopic (exact) mass is 473 g/mol. The van der Waals surface area contributed by atoms with E-state index in [0.717, 1.165) is 61.2 Å². The third-order valence-corrected chi connectivity index (χ3v) is 12.2. The minimum absolute atomic E-state index is 0.613. The fraction of sp³-hybridized carbons (Fsp3) is 1.00. The molecule has 4 rings (SSSR count). The molecule has 0 aromatic heterocycles. The maximum atomic E-state index is 5.97. The molecule has 0 amide bonds. The van der Waals surface area contributed by atoms with Gasteiger partial charge in [0, 0.05) is 13.2 Å². The molecule has 0 spiro atoms. The summed E-state index contributed by atoms with van der Waals surface area (Å²) in [7, 11) is 0. The molecular weight excluding hydrogens is 414 g/mol. The maximum Gasteiger partial charge on any atom is 0.0466 e. The molecular formula is C32H59NO. The molecule has 2 heteroatoms. The van der Waals surface area contributed by atoms with E-state index in [0.29, 0.717) is 10.8 Å². The Kier molecular flexibility index (Phi) is 9.50. The highest BCUT2D eigenvalue weighted by atomic mass is 16.5. The average molecular weight is 474 g/mol. The van der Waals surface area contributed by atoms with Crippen molar-refractivity contribution < 1.29 is 4.74 Å². The minimum atomic E-state index is 0.613. The standard InChI is InChI=1S/C32H59NO/c1-5-6-7-8-21-34-22-9-10-24(2)28-13-14-29-27-12-11-26-23-25(17-20-33)15-18-31(26,3)30(27)16-19-32(28,29)4/h24-30H,5-23,33H2,1-4H3/t24-,25-,26?,27?,28-,29?,30?,31+,32-/m1/s1. The van der Waals surface area contributed by atoms with Gasteiger partial charge in [-0.3, -0.25) is 0 Å². The lowest BCUT2D eigenvalue weighted by Gasteiger charge is -2.61. The van der Waals surface area contributed by atoms with Gasteiger partial charge in [-0.05, 0) is 142 Å². The number of nitrogens with two attached hydrogens (primary N) is 1. The number of ether oxygens (including phenoxy) is 1. The van der Waals surface area contributed by atoms with Gasteiger partial charge >= 0.3 is 0 Å². The predicted molar refractivity (Wildman–Crippen MR) is 146 cm³/mol. The van der Waals surface area contributed by atoms with Gasteiger partial charge in [-0.1, -0.05) is 47.0 Å². The molecule has 4 unspecified atom stereocenters. The molecule has 9 atom stereocenters. The Balaban J connectivity index is 1.29. The zero-order chi connectivity index (χ0) is 24.2. The molecule has 0 aromatic rings. The molecule has 0 aliphatic heterocycles. The third-order valence-electron chi connectivity index (χ3n) is 12.2. The summed E-state index contributed by atoms with van der Waals surface area (Å²) >= 11 is 0. The van der Waals surface area contributed by atoms with Crippen LogP contribution in [0.4, 0.5) is 0 Å². The zero-order valence-electron chi connectivity index (χ0n) is 23.5. The number of unbranched alkanes of at least 4 members (excludes halogenated alkanes) is 3. The Bertz CT molecular complexity index is 620. The first-order valence-electron chi connectivity index (χ1n) is 15.7. The van der Waals surface area contributed by atoms with Crippen LogP contribution in [0.3, 0.4) is 0 Å². The van der Waals surface area contributed by atoms with Crippen molar-refractivity contribution in [3.05, 3.63) is 0 Å². The summed E-state index contributed by atoms with van der Waals surface area (Å²) in [6.07, 6.45) is 22.7. The van der Waals surface area contributed by atoms with E-state index in [2.05, 4.69) is 27.7 Å². The molecule has 4 aliphatic rings. The zero-order valence-corrected chi connectivity index (χ0v) is 23.5. The van der Waals surface area contributed by atoms with Crippen LogP contribution in [-0.4, -0.2) is 19.8 Å². The molecule has 2 nitrogen and oxygen atoms in total. The fourth-order valence-electron chi connectivity index (χ4n) is 10.3. The fourth-order valence-corrected chi connectivity index (χ4v) is 10.3. The molecule has 34 heavy (non-hydrogen) atoms. The molecule has 0 aromatic carbocycles. The summed E-state index contributed by atoms with van der Waals surface area (Å²) < 4.78 is 5.97. The van der Waals surface area contributed by atoms with Crippen molar-refractivity contribution in [2.45, 2.75) is 130 Å². The van der Waals surface area contributed by atoms with Gasteiger partial charge in [0.25, 0.3) is 0 Å². The van der Waals surface area contributed by atoms with Crippen molar-refractivity contribution in [1.82, 2.24) is 0 Å². The first kappa shape index (κ1) is 27.0. The summed E-state index contributed by atoms with van der Waals surface area (Å²) in [6, 6.07) is 0. The van der Waals surface area contributed by atoms with Gasteiger partial charge in [0.15, 0.2) is 0 Å². The van der Waals surface area contributed by atoms with E-state index < -0.39 is 0 Å². The third kappa shape index (κ3) is 5.44. The van der Waals surface area contributed by atoms with E-state index in [1.54, 1.807) is 0 Å². The number of fused-ring (bicyclic) bond motifs is 5. The van der Waals surface area contributed by atoms with Gasteiger partial charge in [0.05, 0.1) is 0 Å². The highest BCUT2D eigenvalue weighted by Gasteiger charge is 2.60. The highest BCUT2D eigenvalue weighted by Crippen LogP contribution is 2.68. The lowest BCUT2D eigenvalue weighted by Crippen LogP contribution is -2.53. The Labute approximate surface area is 212 Å². The van der Waals surface area contributed by atoms with Gasteiger partial charge in [0.2, 0.25) is 0 Å². The summed E-state index contributed by atoms with van der Waals surface area (Å²) in [5.74, 6) is 6.77. The van der Waals surface area contributed by atoms with Gasteiger partial charge in [-0.15, -0.1) is 0 Å². The molecule has 4 saturated carbocycles. The average Bonchev–Trinajstić information content (AvgIpc) is 3.18. The van der Waals surface area contributed by atoms with Gasteiger partial charge in [-0.2, -0.15) is 0 Å². The number of rotatable bonds is 12. The van der Waals surface area contributed by atoms with Crippen LogP contribution in [-0.2, 0) is 4.74 Å². The van der Waals surface area contributed by atoms with Crippen molar-refractivity contribution in [3.63, 3.8) is 0 Å². The molecule has 0 saturated heterocycles. The SMILES string of the molecule is CCCCCCOCCC[C@@H](C)[C@H]1CCC2C3CCC4C[C@@H](CCN)CC[C@]4(C)C3CC[C@@]21C. The van der Waals surface area contributed by atoms with Crippen LogP contribution < -0.4 is 5.73 Å². The quantitative estimate of drug-likeness (QED) is 0.288. The highest BCUT2D eigenvalue weighted by molar-refractivity contribution is 5.09. The smallest absolute Gasteiger partial charge is 0.0466 e. The second-order valence-corrected chi connectivity index (χ2v) is 13.9. The van der Waals surface area contributed by atoms with Crippen molar-refractivity contribution >= 4 is 0 Å². The molecule has 4 aliphatic carbocycles. The first-order valence-corrected chi connectivity index (χ1v) is 15.7. The van der Waals surface area contributed by atoms with E-state index in [1.165, 1.54) is 103 Å². The summed E-state index contributed by atoms with van der Waals surface area (Å²) in [5.41, 5.74) is 7.18. The van der Waals surface area contributed by atoms with Crippen LogP contribution >= 0.6 is 0 Å². The van der Waals surface area contributed by atoms with E-state index in [1.807, 2.05) is 0 Å². The molecule has 4 fully saturated rings.